The Hall–Kier alpha value is -1.05. The molecule has 0 amide bonds. The zero-order valence-electron chi connectivity index (χ0n) is 8.20. The molecular formula is C11H12BrN3. The fourth-order valence-corrected chi connectivity index (χ4v) is 2.10. The molecule has 2 rings (SSSR count). The molecule has 0 unspecified atom stereocenters. The van der Waals surface area contributed by atoms with E-state index in [0.29, 0.717) is 17.6 Å². The molecule has 1 aliphatic carbocycles. The highest BCUT2D eigenvalue weighted by atomic mass is 79.9. The van der Waals surface area contributed by atoms with Gasteiger partial charge in [0, 0.05) is 16.6 Å². The molecule has 3 nitrogen and oxygen atoms in total. The molecule has 0 heterocycles. The predicted molar refractivity (Wildman–Crippen MR) is 63.5 cm³/mol. The van der Waals surface area contributed by atoms with Gasteiger partial charge in [0.25, 0.3) is 0 Å². The van der Waals surface area contributed by atoms with Gasteiger partial charge in [-0.1, -0.05) is 15.9 Å². The summed E-state index contributed by atoms with van der Waals surface area (Å²) in [4.78, 5) is 0. The summed E-state index contributed by atoms with van der Waals surface area (Å²) in [5.41, 5.74) is 7.28. The molecule has 78 valence electrons. The van der Waals surface area contributed by atoms with Gasteiger partial charge in [-0.05, 0) is 31.0 Å². The zero-order valence-corrected chi connectivity index (χ0v) is 9.79. The van der Waals surface area contributed by atoms with Crippen LogP contribution in [0.1, 0.15) is 18.4 Å². The van der Waals surface area contributed by atoms with Gasteiger partial charge in [0.15, 0.2) is 0 Å². The molecule has 4 heteroatoms. The van der Waals surface area contributed by atoms with Crippen LogP contribution >= 0.6 is 15.9 Å². The van der Waals surface area contributed by atoms with Crippen LogP contribution in [0.15, 0.2) is 22.7 Å². The number of nitrogens with zero attached hydrogens (tertiary/aromatic N) is 1. The zero-order chi connectivity index (χ0) is 10.8. The summed E-state index contributed by atoms with van der Waals surface area (Å²) in [6.07, 6.45) is 1.97. The van der Waals surface area contributed by atoms with Crippen molar-refractivity contribution in [2.24, 2.45) is 5.73 Å². The van der Waals surface area contributed by atoms with E-state index >= 15 is 0 Å². The maximum atomic E-state index is 8.96. The number of halogens is 1. The summed E-state index contributed by atoms with van der Waals surface area (Å²) in [6.45, 7) is 0. The Morgan fingerprint density at radius 3 is 2.80 bits per heavy atom. The second-order valence-electron chi connectivity index (χ2n) is 3.87. The number of rotatable bonds is 2. The molecule has 0 spiro atoms. The van der Waals surface area contributed by atoms with Crippen LogP contribution in [0.2, 0.25) is 0 Å². The number of benzene rings is 1. The lowest BCUT2D eigenvalue weighted by atomic mass is 9.87. The first kappa shape index (κ1) is 10.5. The highest BCUT2D eigenvalue weighted by molar-refractivity contribution is 9.10. The van der Waals surface area contributed by atoms with Crippen LogP contribution in [0.3, 0.4) is 0 Å². The van der Waals surface area contributed by atoms with E-state index in [-0.39, 0.29) is 0 Å². The van der Waals surface area contributed by atoms with Crippen molar-refractivity contribution in [2.45, 2.75) is 24.9 Å². The molecule has 1 aliphatic rings. The van der Waals surface area contributed by atoms with Crippen molar-refractivity contribution in [1.82, 2.24) is 0 Å². The molecule has 0 aliphatic heterocycles. The Kier molecular flexibility index (Phi) is 2.94. The van der Waals surface area contributed by atoms with E-state index in [1.165, 1.54) is 0 Å². The lowest BCUT2D eigenvalue weighted by Gasteiger charge is -2.34. The van der Waals surface area contributed by atoms with E-state index in [2.05, 4.69) is 27.3 Å². The van der Waals surface area contributed by atoms with Crippen LogP contribution in [0, 0.1) is 11.3 Å². The summed E-state index contributed by atoms with van der Waals surface area (Å²) < 4.78 is 0.926. The van der Waals surface area contributed by atoms with E-state index in [4.69, 9.17) is 11.0 Å². The van der Waals surface area contributed by atoms with Gasteiger partial charge in [-0.15, -0.1) is 0 Å². The molecule has 3 N–H and O–H groups in total. The van der Waals surface area contributed by atoms with Gasteiger partial charge in [0.05, 0.1) is 11.3 Å². The number of hydrogen-bond acceptors (Lipinski definition) is 3. The topological polar surface area (TPSA) is 61.8 Å². The summed E-state index contributed by atoms with van der Waals surface area (Å²) in [6, 6.07) is 8.60. The molecule has 0 bridgehead atoms. The molecule has 1 aromatic carbocycles. The Balaban J connectivity index is 2.11. The van der Waals surface area contributed by atoms with Crippen LogP contribution in [-0.2, 0) is 0 Å². The van der Waals surface area contributed by atoms with Gasteiger partial charge >= 0.3 is 0 Å². The molecule has 0 saturated heterocycles. The number of nitrogens with two attached hydrogens (primary N) is 1. The molecular weight excluding hydrogens is 254 g/mol. The Morgan fingerprint density at radius 1 is 1.47 bits per heavy atom. The van der Waals surface area contributed by atoms with Gasteiger partial charge in [0.1, 0.15) is 6.07 Å². The molecule has 0 radical (unpaired) electrons. The van der Waals surface area contributed by atoms with Crippen molar-refractivity contribution in [3.05, 3.63) is 28.2 Å². The second-order valence-corrected chi connectivity index (χ2v) is 4.79. The van der Waals surface area contributed by atoms with E-state index < -0.39 is 0 Å². The van der Waals surface area contributed by atoms with Gasteiger partial charge in [0.2, 0.25) is 0 Å². The largest absolute Gasteiger partial charge is 0.381 e. The van der Waals surface area contributed by atoms with Crippen molar-refractivity contribution in [3.8, 4) is 6.07 Å². The summed E-state index contributed by atoms with van der Waals surface area (Å²) in [5, 5.41) is 12.3. The standard InChI is InChI=1S/C11H12BrN3/c12-8-1-2-11(7(3-8)6-13)15-10-4-9(14)5-10/h1-3,9-10,15H,4-5,14H2. The molecule has 1 aromatic rings. The first-order valence-electron chi connectivity index (χ1n) is 4.91. The van der Waals surface area contributed by atoms with E-state index in [0.717, 1.165) is 23.0 Å². The van der Waals surface area contributed by atoms with Crippen LogP contribution in [-0.4, -0.2) is 12.1 Å². The average Bonchev–Trinajstić information content (AvgIpc) is 2.18. The van der Waals surface area contributed by atoms with E-state index in [1.54, 1.807) is 0 Å². The van der Waals surface area contributed by atoms with Crippen LogP contribution in [0.4, 0.5) is 5.69 Å². The number of hydrogen-bond donors (Lipinski definition) is 2. The highest BCUT2D eigenvalue weighted by Gasteiger charge is 2.25. The molecule has 1 fully saturated rings. The van der Waals surface area contributed by atoms with Crippen LogP contribution < -0.4 is 11.1 Å². The Labute approximate surface area is 97.4 Å². The summed E-state index contributed by atoms with van der Waals surface area (Å²) in [5.74, 6) is 0. The Bertz CT molecular complexity index is 405. The minimum atomic E-state index is 0.323. The third-order valence-corrected chi connectivity index (χ3v) is 3.13. The third kappa shape index (κ3) is 2.31. The monoisotopic (exact) mass is 265 g/mol. The first-order valence-corrected chi connectivity index (χ1v) is 5.70. The second kappa shape index (κ2) is 4.21. The molecule has 1 saturated carbocycles. The Morgan fingerprint density at radius 2 is 2.20 bits per heavy atom. The minimum absolute atomic E-state index is 0.323. The van der Waals surface area contributed by atoms with Gasteiger partial charge in [-0.25, -0.2) is 0 Å². The number of nitriles is 1. The SMILES string of the molecule is N#Cc1cc(Br)ccc1NC1CC(N)C1. The lowest BCUT2D eigenvalue weighted by Crippen LogP contribution is -2.44. The van der Waals surface area contributed by atoms with Crippen molar-refractivity contribution in [2.75, 3.05) is 5.32 Å². The van der Waals surface area contributed by atoms with Crippen molar-refractivity contribution < 1.29 is 0 Å². The fraction of sp³-hybridized carbons (Fsp3) is 0.364. The van der Waals surface area contributed by atoms with Gasteiger partial charge < -0.3 is 11.1 Å². The molecule has 0 atom stereocenters. The predicted octanol–water partition coefficient (Wildman–Crippen LogP) is 2.22. The molecule has 0 aromatic heterocycles. The third-order valence-electron chi connectivity index (χ3n) is 2.64. The smallest absolute Gasteiger partial charge is 0.101 e. The average molecular weight is 266 g/mol. The van der Waals surface area contributed by atoms with E-state index in [1.807, 2.05) is 18.2 Å². The summed E-state index contributed by atoms with van der Waals surface area (Å²) >= 11 is 3.35. The molecule has 15 heavy (non-hydrogen) atoms. The minimum Gasteiger partial charge on any atom is -0.381 e. The normalized spacial score (nSPS) is 24.1. The van der Waals surface area contributed by atoms with Crippen molar-refractivity contribution in [1.29, 1.82) is 5.26 Å². The maximum absolute atomic E-state index is 8.96. The number of nitrogens with one attached hydrogen (secondary N) is 1. The fourth-order valence-electron chi connectivity index (χ4n) is 1.73. The quantitative estimate of drug-likeness (QED) is 0.862. The van der Waals surface area contributed by atoms with E-state index in [9.17, 15) is 0 Å². The highest BCUT2D eigenvalue weighted by Crippen LogP contribution is 2.26. The van der Waals surface area contributed by atoms with Crippen molar-refractivity contribution in [3.63, 3.8) is 0 Å². The van der Waals surface area contributed by atoms with Crippen molar-refractivity contribution >= 4 is 21.6 Å². The first-order chi connectivity index (χ1) is 7.19. The van der Waals surface area contributed by atoms with Gasteiger partial charge in [-0.3, -0.25) is 0 Å². The lowest BCUT2D eigenvalue weighted by molar-refractivity contribution is 0.373. The summed E-state index contributed by atoms with van der Waals surface area (Å²) in [7, 11) is 0. The maximum Gasteiger partial charge on any atom is 0.101 e. The van der Waals surface area contributed by atoms with Gasteiger partial charge in [-0.2, -0.15) is 5.26 Å². The van der Waals surface area contributed by atoms with Crippen LogP contribution in [0.25, 0.3) is 0 Å². The number of anilines is 1. The van der Waals surface area contributed by atoms with Crippen LogP contribution in [0.5, 0.6) is 0 Å².